The third kappa shape index (κ3) is 5.31. The molecule has 1 aromatic rings. The van der Waals surface area contributed by atoms with E-state index in [0.717, 1.165) is 5.56 Å². The number of rotatable bonds is 6. The molecule has 0 atom stereocenters. The van der Waals surface area contributed by atoms with Gasteiger partial charge in [0.1, 0.15) is 5.75 Å². The number of aryl methyl sites for hydroxylation is 1. The SMILES string of the molecule is COc1cc(Cl)c(C)cc1NC(=O)CCS(=O)(=O)N1CCN(C)CC1. The van der Waals surface area contributed by atoms with Crippen LogP contribution in [0, 0.1) is 6.92 Å². The number of methoxy groups -OCH3 is 1. The van der Waals surface area contributed by atoms with Crippen LogP contribution in [0.4, 0.5) is 5.69 Å². The number of ether oxygens (including phenoxy) is 1. The van der Waals surface area contributed by atoms with Gasteiger partial charge in [-0.05, 0) is 25.6 Å². The Bertz CT molecular complexity index is 731. The van der Waals surface area contributed by atoms with Gasteiger partial charge in [-0.1, -0.05) is 11.6 Å². The van der Waals surface area contributed by atoms with E-state index in [2.05, 4.69) is 10.2 Å². The minimum atomic E-state index is -3.43. The van der Waals surface area contributed by atoms with E-state index in [1.54, 1.807) is 12.1 Å². The second kappa shape index (κ2) is 8.35. The first-order valence-corrected chi connectivity index (χ1v) is 10.0. The molecule has 0 spiro atoms. The molecule has 7 nitrogen and oxygen atoms in total. The fraction of sp³-hybridized carbons (Fsp3) is 0.562. The lowest BCUT2D eigenvalue weighted by atomic mass is 10.2. The van der Waals surface area contributed by atoms with Crippen LogP contribution in [-0.4, -0.2) is 69.6 Å². The lowest BCUT2D eigenvalue weighted by Gasteiger charge is -2.31. The maximum absolute atomic E-state index is 12.4. The minimum Gasteiger partial charge on any atom is -0.495 e. The Hall–Kier alpha value is -1.35. The Morgan fingerprint density at radius 2 is 1.92 bits per heavy atom. The Balaban J connectivity index is 1.96. The highest BCUT2D eigenvalue weighted by atomic mass is 35.5. The number of piperazine rings is 1. The molecular weight excluding hydrogens is 366 g/mol. The van der Waals surface area contributed by atoms with Crippen molar-refractivity contribution < 1.29 is 17.9 Å². The van der Waals surface area contributed by atoms with Gasteiger partial charge in [0.05, 0.1) is 18.6 Å². The molecule has 0 aliphatic carbocycles. The van der Waals surface area contributed by atoms with Gasteiger partial charge in [-0.3, -0.25) is 4.79 Å². The third-order valence-corrected chi connectivity index (χ3v) is 6.48. The summed E-state index contributed by atoms with van der Waals surface area (Å²) in [5.41, 5.74) is 1.27. The number of amides is 1. The van der Waals surface area contributed by atoms with Gasteiger partial charge in [-0.25, -0.2) is 8.42 Å². The average molecular weight is 390 g/mol. The molecule has 1 aliphatic rings. The number of anilines is 1. The summed E-state index contributed by atoms with van der Waals surface area (Å²) in [5, 5.41) is 3.23. The van der Waals surface area contributed by atoms with E-state index in [0.29, 0.717) is 42.6 Å². The van der Waals surface area contributed by atoms with Crippen molar-refractivity contribution in [3.8, 4) is 5.75 Å². The van der Waals surface area contributed by atoms with Crippen molar-refractivity contribution in [1.29, 1.82) is 0 Å². The van der Waals surface area contributed by atoms with Crippen LogP contribution >= 0.6 is 11.6 Å². The normalized spacial score (nSPS) is 16.6. The lowest BCUT2D eigenvalue weighted by Crippen LogP contribution is -2.48. The Morgan fingerprint density at radius 3 is 2.52 bits per heavy atom. The Kier molecular flexibility index (Phi) is 6.67. The number of likely N-dealkylation sites (N-methyl/N-ethyl adjacent to an activating group) is 1. The van der Waals surface area contributed by atoms with Crippen molar-refractivity contribution in [1.82, 2.24) is 9.21 Å². The van der Waals surface area contributed by atoms with Gasteiger partial charge in [0.2, 0.25) is 15.9 Å². The fourth-order valence-electron chi connectivity index (χ4n) is 2.56. The maximum Gasteiger partial charge on any atom is 0.225 e. The topological polar surface area (TPSA) is 78.9 Å². The van der Waals surface area contributed by atoms with Gasteiger partial charge < -0.3 is 15.0 Å². The van der Waals surface area contributed by atoms with E-state index < -0.39 is 10.0 Å². The van der Waals surface area contributed by atoms with Crippen molar-refractivity contribution in [2.45, 2.75) is 13.3 Å². The number of nitrogens with one attached hydrogen (secondary N) is 1. The van der Waals surface area contributed by atoms with Crippen molar-refractivity contribution in [2.75, 3.05) is 51.4 Å². The highest BCUT2D eigenvalue weighted by Gasteiger charge is 2.26. The van der Waals surface area contributed by atoms with Crippen LogP contribution in [0.1, 0.15) is 12.0 Å². The molecular formula is C16H24ClN3O4S. The van der Waals surface area contributed by atoms with E-state index in [-0.39, 0.29) is 18.1 Å². The molecule has 9 heteroatoms. The third-order valence-electron chi connectivity index (χ3n) is 4.20. The molecule has 0 saturated carbocycles. The molecule has 1 heterocycles. The van der Waals surface area contributed by atoms with Gasteiger partial charge >= 0.3 is 0 Å². The number of benzene rings is 1. The monoisotopic (exact) mass is 389 g/mol. The van der Waals surface area contributed by atoms with Crippen LogP contribution in [0.5, 0.6) is 5.75 Å². The molecule has 25 heavy (non-hydrogen) atoms. The van der Waals surface area contributed by atoms with Gasteiger partial charge in [-0.2, -0.15) is 4.31 Å². The summed E-state index contributed by atoms with van der Waals surface area (Å²) in [6.45, 7) is 4.14. The number of sulfonamides is 1. The smallest absolute Gasteiger partial charge is 0.225 e. The fourth-order valence-corrected chi connectivity index (χ4v) is 4.13. The molecule has 1 amide bonds. The minimum absolute atomic E-state index is 0.112. The van der Waals surface area contributed by atoms with E-state index in [1.165, 1.54) is 11.4 Å². The standard InChI is InChI=1S/C16H24ClN3O4S/c1-12-10-14(15(24-3)11-13(12)17)18-16(21)4-9-25(22,23)20-7-5-19(2)6-8-20/h10-11H,4-9H2,1-3H3,(H,18,21). The summed E-state index contributed by atoms with van der Waals surface area (Å²) in [7, 11) is 0.00667. The van der Waals surface area contributed by atoms with E-state index >= 15 is 0 Å². The van der Waals surface area contributed by atoms with Crippen molar-refractivity contribution in [3.63, 3.8) is 0 Å². The van der Waals surface area contributed by atoms with E-state index in [1.807, 2.05) is 14.0 Å². The molecule has 0 unspecified atom stereocenters. The zero-order valence-electron chi connectivity index (χ0n) is 14.7. The number of halogens is 1. The predicted octanol–water partition coefficient (Wildman–Crippen LogP) is 1.56. The van der Waals surface area contributed by atoms with Gasteiger partial charge in [0.25, 0.3) is 0 Å². The van der Waals surface area contributed by atoms with Crippen LogP contribution in [0.25, 0.3) is 0 Å². The molecule has 0 aromatic heterocycles. The molecule has 140 valence electrons. The number of carbonyl (C=O) groups is 1. The Morgan fingerprint density at radius 1 is 1.28 bits per heavy atom. The number of nitrogens with zero attached hydrogens (tertiary/aromatic N) is 2. The van der Waals surface area contributed by atoms with E-state index in [9.17, 15) is 13.2 Å². The Labute approximate surface area is 153 Å². The highest BCUT2D eigenvalue weighted by Crippen LogP contribution is 2.31. The molecule has 1 N–H and O–H groups in total. The van der Waals surface area contributed by atoms with Crippen LogP contribution in [-0.2, 0) is 14.8 Å². The molecule has 0 radical (unpaired) electrons. The second-order valence-electron chi connectivity index (χ2n) is 6.12. The molecule has 1 fully saturated rings. The summed E-state index contributed by atoms with van der Waals surface area (Å²) in [4.78, 5) is 14.2. The maximum atomic E-state index is 12.4. The van der Waals surface area contributed by atoms with Crippen LogP contribution in [0.3, 0.4) is 0 Å². The van der Waals surface area contributed by atoms with Gasteiger partial charge in [0.15, 0.2) is 0 Å². The second-order valence-corrected chi connectivity index (χ2v) is 8.61. The van der Waals surface area contributed by atoms with Crippen molar-refractivity contribution in [3.05, 3.63) is 22.7 Å². The van der Waals surface area contributed by atoms with Crippen LogP contribution in [0.15, 0.2) is 12.1 Å². The summed E-state index contributed by atoms with van der Waals surface area (Å²) in [6.07, 6.45) is -0.112. The van der Waals surface area contributed by atoms with Gasteiger partial charge in [0, 0.05) is 43.7 Å². The van der Waals surface area contributed by atoms with E-state index in [4.69, 9.17) is 16.3 Å². The molecule has 1 saturated heterocycles. The molecule has 1 aromatic carbocycles. The first-order valence-electron chi connectivity index (χ1n) is 8.03. The molecule has 2 rings (SSSR count). The molecule has 0 bridgehead atoms. The number of carbonyl (C=O) groups excluding carboxylic acids is 1. The largest absolute Gasteiger partial charge is 0.495 e. The van der Waals surface area contributed by atoms with Gasteiger partial charge in [-0.15, -0.1) is 0 Å². The molecule has 1 aliphatic heterocycles. The van der Waals surface area contributed by atoms with Crippen LogP contribution < -0.4 is 10.1 Å². The quantitative estimate of drug-likeness (QED) is 0.798. The first-order chi connectivity index (χ1) is 11.7. The lowest BCUT2D eigenvalue weighted by molar-refractivity contribution is -0.115. The van der Waals surface area contributed by atoms with Crippen molar-refractivity contribution in [2.24, 2.45) is 0 Å². The summed E-state index contributed by atoms with van der Waals surface area (Å²) in [5.74, 6) is -0.152. The highest BCUT2D eigenvalue weighted by molar-refractivity contribution is 7.89. The summed E-state index contributed by atoms with van der Waals surface area (Å²) in [6, 6.07) is 3.32. The number of hydrogen-bond donors (Lipinski definition) is 1. The average Bonchev–Trinajstić information content (AvgIpc) is 2.56. The number of hydrogen-bond acceptors (Lipinski definition) is 5. The predicted molar refractivity (Wildman–Crippen MR) is 98.8 cm³/mol. The van der Waals surface area contributed by atoms with Crippen molar-refractivity contribution >= 4 is 33.2 Å². The summed E-state index contributed by atoms with van der Waals surface area (Å²) < 4.78 is 31.4. The summed E-state index contributed by atoms with van der Waals surface area (Å²) >= 11 is 6.04. The zero-order chi connectivity index (χ0) is 18.6. The zero-order valence-corrected chi connectivity index (χ0v) is 16.3. The van der Waals surface area contributed by atoms with Crippen LogP contribution in [0.2, 0.25) is 5.02 Å². The first kappa shape index (κ1) is 20.0.